The first kappa shape index (κ1) is 14.5. The van der Waals surface area contributed by atoms with Crippen molar-refractivity contribution in [3.05, 3.63) is 0 Å². The molecule has 1 aliphatic rings. The van der Waals surface area contributed by atoms with E-state index in [9.17, 15) is 9.90 Å². The summed E-state index contributed by atoms with van der Waals surface area (Å²) >= 11 is 0. The molecule has 1 amide bonds. The standard InChI is InChI=1S/C13H26N2O2/c1-4-9-14-12(16)11(2)15(3)10-13(17)7-5-6-8-13/h11,17H,4-10H2,1-3H3,(H,14,16). The maximum absolute atomic E-state index is 11.8. The van der Waals surface area contributed by atoms with Crippen LogP contribution in [-0.4, -0.2) is 47.7 Å². The topological polar surface area (TPSA) is 52.6 Å². The van der Waals surface area contributed by atoms with Gasteiger partial charge in [0, 0.05) is 13.1 Å². The molecule has 1 unspecified atom stereocenters. The van der Waals surface area contributed by atoms with Crippen LogP contribution in [0.15, 0.2) is 0 Å². The lowest BCUT2D eigenvalue weighted by Gasteiger charge is -2.31. The minimum absolute atomic E-state index is 0.0518. The number of amides is 1. The van der Waals surface area contributed by atoms with Crippen LogP contribution in [0.3, 0.4) is 0 Å². The Balaban J connectivity index is 2.40. The number of hydrogen-bond donors (Lipinski definition) is 2. The Morgan fingerprint density at radius 2 is 2.06 bits per heavy atom. The number of hydrogen-bond acceptors (Lipinski definition) is 3. The van der Waals surface area contributed by atoms with Crippen molar-refractivity contribution in [1.29, 1.82) is 0 Å². The second kappa shape index (κ2) is 6.36. The van der Waals surface area contributed by atoms with Crippen LogP contribution in [0.1, 0.15) is 46.0 Å². The molecule has 0 bridgehead atoms. The van der Waals surface area contributed by atoms with E-state index in [4.69, 9.17) is 0 Å². The van der Waals surface area contributed by atoms with Crippen LogP contribution in [0.25, 0.3) is 0 Å². The zero-order valence-corrected chi connectivity index (χ0v) is 11.3. The summed E-state index contributed by atoms with van der Waals surface area (Å²) in [4.78, 5) is 13.7. The largest absolute Gasteiger partial charge is 0.389 e. The molecule has 1 aliphatic carbocycles. The van der Waals surface area contributed by atoms with Crippen molar-refractivity contribution in [2.24, 2.45) is 0 Å². The van der Waals surface area contributed by atoms with Gasteiger partial charge in [-0.3, -0.25) is 9.69 Å². The first-order valence-electron chi connectivity index (χ1n) is 6.69. The number of rotatable bonds is 6. The number of carbonyl (C=O) groups is 1. The Bertz CT molecular complexity index is 250. The normalized spacial score (nSPS) is 20.5. The molecule has 100 valence electrons. The fourth-order valence-corrected chi connectivity index (χ4v) is 2.39. The number of nitrogens with one attached hydrogen (secondary N) is 1. The maximum Gasteiger partial charge on any atom is 0.237 e. The predicted molar refractivity (Wildman–Crippen MR) is 68.8 cm³/mol. The fraction of sp³-hybridized carbons (Fsp3) is 0.923. The molecule has 4 nitrogen and oxygen atoms in total. The summed E-state index contributed by atoms with van der Waals surface area (Å²) in [6.07, 6.45) is 4.87. The summed E-state index contributed by atoms with van der Waals surface area (Å²) in [5.74, 6) is 0.0518. The van der Waals surface area contributed by atoms with Gasteiger partial charge in [-0.15, -0.1) is 0 Å². The minimum Gasteiger partial charge on any atom is -0.389 e. The smallest absolute Gasteiger partial charge is 0.237 e. The number of likely N-dealkylation sites (N-methyl/N-ethyl adjacent to an activating group) is 1. The highest BCUT2D eigenvalue weighted by atomic mass is 16.3. The second-order valence-electron chi connectivity index (χ2n) is 5.31. The van der Waals surface area contributed by atoms with Gasteiger partial charge in [-0.2, -0.15) is 0 Å². The SMILES string of the molecule is CCCNC(=O)C(C)N(C)CC1(O)CCCC1. The number of aliphatic hydroxyl groups is 1. The summed E-state index contributed by atoms with van der Waals surface area (Å²) in [7, 11) is 1.91. The molecule has 1 atom stereocenters. The van der Waals surface area contributed by atoms with Gasteiger partial charge in [0.2, 0.25) is 5.91 Å². The quantitative estimate of drug-likeness (QED) is 0.734. The maximum atomic E-state index is 11.8. The van der Waals surface area contributed by atoms with Crippen LogP contribution >= 0.6 is 0 Å². The summed E-state index contributed by atoms with van der Waals surface area (Å²) in [5, 5.41) is 13.2. The lowest BCUT2D eigenvalue weighted by molar-refractivity contribution is -0.126. The molecular weight excluding hydrogens is 216 g/mol. The molecule has 0 spiro atoms. The average Bonchev–Trinajstić information content (AvgIpc) is 2.71. The van der Waals surface area contributed by atoms with Crippen molar-refractivity contribution in [2.45, 2.75) is 57.6 Å². The van der Waals surface area contributed by atoms with Gasteiger partial charge in [0.05, 0.1) is 11.6 Å². The summed E-state index contributed by atoms with van der Waals surface area (Å²) in [5.41, 5.74) is -0.575. The molecule has 1 fully saturated rings. The zero-order valence-electron chi connectivity index (χ0n) is 11.3. The molecule has 4 heteroatoms. The molecule has 1 rings (SSSR count). The van der Waals surface area contributed by atoms with Crippen molar-refractivity contribution in [1.82, 2.24) is 10.2 Å². The summed E-state index contributed by atoms with van der Waals surface area (Å²) in [6.45, 7) is 5.24. The number of nitrogens with zero attached hydrogens (tertiary/aromatic N) is 1. The summed E-state index contributed by atoms with van der Waals surface area (Å²) in [6, 6.07) is -0.175. The molecule has 0 aromatic carbocycles. The van der Waals surface area contributed by atoms with Gasteiger partial charge in [0.1, 0.15) is 0 Å². The Labute approximate surface area is 104 Å². The molecule has 0 aromatic heterocycles. The Morgan fingerprint density at radius 1 is 1.47 bits per heavy atom. The third-order valence-corrected chi connectivity index (χ3v) is 3.67. The van der Waals surface area contributed by atoms with Crippen LogP contribution in [0.2, 0.25) is 0 Å². The van der Waals surface area contributed by atoms with Crippen LogP contribution in [0, 0.1) is 0 Å². The summed E-state index contributed by atoms with van der Waals surface area (Å²) < 4.78 is 0. The minimum atomic E-state index is -0.575. The first-order valence-corrected chi connectivity index (χ1v) is 6.69. The van der Waals surface area contributed by atoms with Crippen LogP contribution in [0.4, 0.5) is 0 Å². The van der Waals surface area contributed by atoms with Gasteiger partial charge in [-0.25, -0.2) is 0 Å². The molecule has 17 heavy (non-hydrogen) atoms. The van der Waals surface area contributed by atoms with Gasteiger partial charge in [-0.05, 0) is 33.2 Å². The highest BCUT2D eigenvalue weighted by Crippen LogP contribution is 2.30. The predicted octanol–water partition coefficient (Wildman–Crippen LogP) is 1.14. The molecule has 1 saturated carbocycles. The van der Waals surface area contributed by atoms with E-state index in [1.807, 2.05) is 25.8 Å². The Hall–Kier alpha value is -0.610. The molecule has 0 radical (unpaired) electrons. The van der Waals surface area contributed by atoms with Crippen molar-refractivity contribution in [2.75, 3.05) is 20.1 Å². The van der Waals surface area contributed by atoms with E-state index in [2.05, 4.69) is 5.32 Å². The molecule has 0 saturated heterocycles. The van der Waals surface area contributed by atoms with E-state index in [-0.39, 0.29) is 11.9 Å². The monoisotopic (exact) mass is 242 g/mol. The molecular formula is C13H26N2O2. The van der Waals surface area contributed by atoms with E-state index < -0.39 is 5.60 Å². The molecule has 0 heterocycles. The molecule has 0 aromatic rings. The van der Waals surface area contributed by atoms with E-state index in [0.717, 1.165) is 38.6 Å². The van der Waals surface area contributed by atoms with Crippen molar-refractivity contribution < 1.29 is 9.90 Å². The van der Waals surface area contributed by atoms with Crippen LogP contribution in [0.5, 0.6) is 0 Å². The Kier molecular flexibility index (Phi) is 5.40. The van der Waals surface area contributed by atoms with Gasteiger partial charge in [0.25, 0.3) is 0 Å². The third kappa shape index (κ3) is 4.28. The van der Waals surface area contributed by atoms with Gasteiger partial charge in [-0.1, -0.05) is 19.8 Å². The van der Waals surface area contributed by atoms with Gasteiger partial charge in [0.15, 0.2) is 0 Å². The van der Waals surface area contributed by atoms with E-state index in [1.54, 1.807) is 0 Å². The van der Waals surface area contributed by atoms with Crippen LogP contribution < -0.4 is 5.32 Å². The first-order chi connectivity index (χ1) is 7.98. The van der Waals surface area contributed by atoms with E-state index >= 15 is 0 Å². The molecule has 0 aliphatic heterocycles. The zero-order chi connectivity index (χ0) is 12.9. The van der Waals surface area contributed by atoms with Crippen LogP contribution in [-0.2, 0) is 4.79 Å². The third-order valence-electron chi connectivity index (χ3n) is 3.67. The van der Waals surface area contributed by atoms with Crippen molar-refractivity contribution in [3.8, 4) is 0 Å². The Morgan fingerprint density at radius 3 is 2.59 bits per heavy atom. The molecule has 2 N–H and O–H groups in total. The second-order valence-corrected chi connectivity index (χ2v) is 5.31. The highest BCUT2D eigenvalue weighted by Gasteiger charge is 2.34. The van der Waals surface area contributed by atoms with Gasteiger partial charge >= 0.3 is 0 Å². The lowest BCUT2D eigenvalue weighted by Crippen LogP contribution is -2.49. The van der Waals surface area contributed by atoms with E-state index in [0.29, 0.717) is 6.54 Å². The van der Waals surface area contributed by atoms with Crippen molar-refractivity contribution >= 4 is 5.91 Å². The van der Waals surface area contributed by atoms with Gasteiger partial charge < -0.3 is 10.4 Å². The fourth-order valence-electron chi connectivity index (χ4n) is 2.39. The number of carbonyl (C=O) groups excluding carboxylic acids is 1. The lowest BCUT2D eigenvalue weighted by atomic mass is 10.0. The van der Waals surface area contributed by atoms with E-state index in [1.165, 1.54) is 0 Å². The van der Waals surface area contributed by atoms with Crippen molar-refractivity contribution in [3.63, 3.8) is 0 Å². The highest BCUT2D eigenvalue weighted by molar-refractivity contribution is 5.81. The average molecular weight is 242 g/mol.